The molecule has 148 valence electrons. The maximum Gasteiger partial charge on any atom is 0.253 e. The van der Waals surface area contributed by atoms with E-state index in [4.69, 9.17) is 0 Å². The van der Waals surface area contributed by atoms with Crippen molar-refractivity contribution in [1.82, 2.24) is 14.5 Å². The molecule has 1 aliphatic carbocycles. The smallest absolute Gasteiger partial charge is 0.253 e. The van der Waals surface area contributed by atoms with Crippen molar-refractivity contribution in [2.45, 2.75) is 32.1 Å². The standard InChI is InChI=1S/C23H24N4O2/c28-22(17-8-9-17)24-21-15-20-19(5-4-14-27(20)25-21)16-6-10-18(11-7-16)23(29)26-12-2-1-3-13-26/h4-7,10-11,14-15,17H,1-3,8-9,12-13H2,(H,24,25,28). The maximum atomic E-state index is 12.7. The summed E-state index contributed by atoms with van der Waals surface area (Å²) in [4.78, 5) is 26.7. The molecular weight excluding hydrogens is 364 g/mol. The first kappa shape index (κ1) is 17.9. The molecule has 1 saturated carbocycles. The van der Waals surface area contributed by atoms with Gasteiger partial charge in [-0.2, -0.15) is 5.10 Å². The Morgan fingerprint density at radius 2 is 1.76 bits per heavy atom. The number of hydrogen-bond donors (Lipinski definition) is 1. The number of carbonyl (C=O) groups excluding carboxylic acids is 2. The Balaban J connectivity index is 1.40. The zero-order chi connectivity index (χ0) is 19.8. The van der Waals surface area contributed by atoms with Gasteiger partial charge in [0.1, 0.15) is 0 Å². The van der Waals surface area contributed by atoms with Crippen molar-refractivity contribution in [3.63, 3.8) is 0 Å². The fraction of sp³-hybridized carbons (Fsp3) is 0.348. The van der Waals surface area contributed by atoms with Crippen molar-refractivity contribution in [2.75, 3.05) is 18.4 Å². The number of nitrogens with zero attached hydrogens (tertiary/aromatic N) is 3. The SMILES string of the molecule is O=C(Nc1cc2c(-c3ccc(C(=O)N4CCCCC4)cc3)cccn2n1)C1CC1. The molecule has 2 fully saturated rings. The monoisotopic (exact) mass is 388 g/mol. The summed E-state index contributed by atoms with van der Waals surface area (Å²) in [6.45, 7) is 1.70. The van der Waals surface area contributed by atoms with Crippen molar-refractivity contribution < 1.29 is 9.59 Å². The van der Waals surface area contributed by atoms with E-state index < -0.39 is 0 Å². The third-order valence-electron chi connectivity index (χ3n) is 5.79. The van der Waals surface area contributed by atoms with Gasteiger partial charge in [0, 0.05) is 42.4 Å². The molecule has 0 unspecified atom stereocenters. The third kappa shape index (κ3) is 3.62. The highest BCUT2D eigenvalue weighted by molar-refractivity contribution is 5.96. The van der Waals surface area contributed by atoms with Gasteiger partial charge in [0.05, 0.1) is 5.52 Å². The number of hydrogen-bond acceptors (Lipinski definition) is 3. The van der Waals surface area contributed by atoms with Crippen LogP contribution in [0.4, 0.5) is 5.82 Å². The highest BCUT2D eigenvalue weighted by atomic mass is 16.2. The van der Waals surface area contributed by atoms with Gasteiger partial charge >= 0.3 is 0 Å². The molecule has 3 heterocycles. The Hall–Kier alpha value is -3.15. The summed E-state index contributed by atoms with van der Waals surface area (Å²) in [7, 11) is 0. The molecule has 2 amide bonds. The molecule has 29 heavy (non-hydrogen) atoms. The van der Waals surface area contributed by atoms with E-state index in [2.05, 4.69) is 10.4 Å². The van der Waals surface area contributed by atoms with Crippen molar-refractivity contribution in [3.8, 4) is 11.1 Å². The van der Waals surface area contributed by atoms with Crippen LogP contribution in [0, 0.1) is 5.92 Å². The van der Waals surface area contributed by atoms with Gasteiger partial charge in [-0.3, -0.25) is 9.59 Å². The number of piperidine rings is 1. The number of fused-ring (bicyclic) bond motifs is 1. The lowest BCUT2D eigenvalue weighted by Gasteiger charge is -2.26. The quantitative estimate of drug-likeness (QED) is 0.735. The summed E-state index contributed by atoms with van der Waals surface area (Å²) >= 11 is 0. The number of amides is 2. The van der Waals surface area contributed by atoms with Crippen LogP contribution >= 0.6 is 0 Å². The molecular formula is C23H24N4O2. The van der Waals surface area contributed by atoms with Gasteiger partial charge < -0.3 is 10.2 Å². The number of carbonyl (C=O) groups is 2. The van der Waals surface area contributed by atoms with E-state index in [1.807, 2.05) is 53.6 Å². The predicted octanol–water partition coefficient (Wildman–Crippen LogP) is 3.98. The van der Waals surface area contributed by atoms with Crippen LogP contribution in [0.1, 0.15) is 42.5 Å². The zero-order valence-corrected chi connectivity index (χ0v) is 16.3. The van der Waals surface area contributed by atoms with E-state index in [1.54, 1.807) is 4.52 Å². The first-order valence-corrected chi connectivity index (χ1v) is 10.4. The third-order valence-corrected chi connectivity index (χ3v) is 5.79. The van der Waals surface area contributed by atoms with Crippen LogP contribution in [0.15, 0.2) is 48.7 Å². The Kier molecular flexibility index (Phi) is 4.54. The van der Waals surface area contributed by atoms with E-state index in [0.29, 0.717) is 5.82 Å². The molecule has 0 radical (unpaired) electrons. The largest absolute Gasteiger partial charge is 0.339 e. The number of anilines is 1. The summed E-state index contributed by atoms with van der Waals surface area (Å²) in [6.07, 6.45) is 7.19. The Morgan fingerprint density at radius 3 is 2.48 bits per heavy atom. The van der Waals surface area contributed by atoms with Crippen LogP contribution in [-0.4, -0.2) is 39.4 Å². The van der Waals surface area contributed by atoms with Gasteiger partial charge in [0.2, 0.25) is 5.91 Å². The van der Waals surface area contributed by atoms with Crippen LogP contribution in [0.25, 0.3) is 16.6 Å². The number of rotatable bonds is 4. The molecule has 0 atom stereocenters. The number of likely N-dealkylation sites (tertiary alicyclic amines) is 1. The van der Waals surface area contributed by atoms with E-state index in [0.717, 1.165) is 61.0 Å². The molecule has 2 aliphatic rings. The van der Waals surface area contributed by atoms with Crippen LogP contribution in [0.2, 0.25) is 0 Å². The second-order valence-electron chi connectivity index (χ2n) is 7.97. The average molecular weight is 388 g/mol. The molecule has 2 aromatic heterocycles. The molecule has 3 aromatic rings. The lowest BCUT2D eigenvalue weighted by molar-refractivity contribution is -0.117. The Labute approximate surface area is 169 Å². The van der Waals surface area contributed by atoms with Crippen LogP contribution in [0.5, 0.6) is 0 Å². The molecule has 0 spiro atoms. The van der Waals surface area contributed by atoms with Gasteiger partial charge in [-0.15, -0.1) is 0 Å². The minimum absolute atomic E-state index is 0.0514. The number of nitrogens with one attached hydrogen (secondary N) is 1. The number of benzene rings is 1. The molecule has 6 heteroatoms. The van der Waals surface area contributed by atoms with Crippen LogP contribution in [-0.2, 0) is 4.79 Å². The molecule has 5 rings (SSSR count). The maximum absolute atomic E-state index is 12.7. The van der Waals surface area contributed by atoms with Crippen molar-refractivity contribution in [2.24, 2.45) is 5.92 Å². The van der Waals surface area contributed by atoms with Crippen molar-refractivity contribution >= 4 is 23.1 Å². The average Bonchev–Trinajstić information content (AvgIpc) is 3.54. The topological polar surface area (TPSA) is 66.7 Å². The van der Waals surface area contributed by atoms with Gasteiger partial charge in [-0.05, 0) is 55.9 Å². The first-order valence-electron chi connectivity index (χ1n) is 10.4. The fourth-order valence-corrected chi connectivity index (χ4v) is 3.97. The van der Waals surface area contributed by atoms with Crippen molar-refractivity contribution in [1.29, 1.82) is 0 Å². The fourth-order valence-electron chi connectivity index (χ4n) is 3.97. The summed E-state index contributed by atoms with van der Waals surface area (Å²) in [6, 6.07) is 13.7. The zero-order valence-electron chi connectivity index (χ0n) is 16.3. The Bertz CT molecular complexity index is 1060. The normalized spacial score (nSPS) is 16.8. The lowest BCUT2D eigenvalue weighted by atomic mass is 10.0. The molecule has 6 nitrogen and oxygen atoms in total. The van der Waals surface area contributed by atoms with E-state index in [-0.39, 0.29) is 17.7 Å². The first-order chi connectivity index (χ1) is 14.2. The van der Waals surface area contributed by atoms with Crippen LogP contribution in [0.3, 0.4) is 0 Å². The second kappa shape index (κ2) is 7.35. The number of aromatic nitrogens is 2. The predicted molar refractivity (Wildman–Crippen MR) is 112 cm³/mol. The van der Waals surface area contributed by atoms with Gasteiger partial charge in [-0.1, -0.05) is 18.2 Å². The summed E-state index contributed by atoms with van der Waals surface area (Å²) in [5.74, 6) is 0.884. The minimum Gasteiger partial charge on any atom is -0.339 e. The second-order valence-corrected chi connectivity index (χ2v) is 7.97. The van der Waals surface area contributed by atoms with E-state index >= 15 is 0 Å². The molecule has 1 N–H and O–H groups in total. The summed E-state index contributed by atoms with van der Waals surface area (Å²) < 4.78 is 1.78. The molecule has 1 aromatic carbocycles. The summed E-state index contributed by atoms with van der Waals surface area (Å²) in [5.41, 5.74) is 3.69. The highest BCUT2D eigenvalue weighted by Gasteiger charge is 2.30. The van der Waals surface area contributed by atoms with Crippen LogP contribution < -0.4 is 5.32 Å². The van der Waals surface area contributed by atoms with E-state index in [1.165, 1.54) is 6.42 Å². The van der Waals surface area contributed by atoms with Gasteiger partial charge in [0.25, 0.3) is 5.91 Å². The Morgan fingerprint density at radius 1 is 1.00 bits per heavy atom. The van der Waals surface area contributed by atoms with Gasteiger partial charge in [-0.25, -0.2) is 4.52 Å². The molecule has 0 bridgehead atoms. The lowest BCUT2D eigenvalue weighted by Crippen LogP contribution is -2.35. The number of pyridine rings is 1. The highest BCUT2D eigenvalue weighted by Crippen LogP contribution is 2.31. The van der Waals surface area contributed by atoms with E-state index in [9.17, 15) is 9.59 Å². The minimum atomic E-state index is 0.0514. The molecule has 1 aliphatic heterocycles. The summed E-state index contributed by atoms with van der Waals surface area (Å²) in [5, 5.41) is 7.39. The van der Waals surface area contributed by atoms with Crippen molar-refractivity contribution in [3.05, 3.63) is 54.2 Å². The van der Waals surface area contributed by atoms with Gasteiger partial charge in [0.15, 0.2) is 5.82 Å². The molecule has 1 saturated heterocycles.